The highest BCUT2D eigenvalue weighted by molar-refractivity contribution is 5.90. The number of amides is 2. The number of carbonyl (C=O) groups is 1. The average molecular weight is 616 g/mol. The highest BCUT2D eigenvalue weighted by Gasteiger charge is 2.31. The molecule has 2 amide bonds. The molecule has 0 bridgehead atoms. The molecule has 45 heavy (non-hydrogen) atoms. The Bertz CT molecular complexity index is 1590. The van der Waals surface area contributed by atoms with Crippen LogP contribution in [0.2, 0.25) is 0 Å². The molecule has 0 saturated carbocycles. The van der Waals surface area contributed by atoms with Gasteiger partial charge in [-0.15, -0.1) is 0 Å². The Hall–Kier alpha value is -4.38. The minimum atomic E-state index is -0.410. The van der Waals surface area contributed by atoms with E-state index in [1.165, 1.54) is 12.1 Å². The first-order valence-corrected chi connectivity index (χ1v) is 15.9. The van der Waals surface area contributed by atoms with Gasteiger partial charge in [0.25, 0.3) is 0 Å². The van der Waals surface area contributed by atoms with E-state index in [-0.39, 0.29) is 29.7 Å². The van der Waals surface area contributed by atoms with Gasteiger partial charge in [-0.1, -0.05) is 24.3 Å². The van der Waals surface area contributed by atoms with E-state index >= 15 is 0 Å². The van der Waals surface area contributed by atoms with Crippen LogP contribution in [0.1, 0.15) is 69.2 Å². The molecule has 10 nitrogen and oxygen atoms in total. The minimum Gasteiger partial charge on any atom is -0.484 e. The lowest BCUT2D eigenvalue weighted by molar-refractivity contribution is 0.122. The Kier molecular flexibility index (Phi) is 9.07. The summed E-state index contributed by atoms with van der Waals surface area (Å²) >= 11 is 0. The molecular weight excluding hydrogens is 573 g/mol. The molecule has 4 atom stereocenters. The van der Waals surface area contributed by atoms with Crippen molar-refractivity contribution in [3.63, 3.8) is 0 Å². The Morgan fingerprint density at radius 2 is 1.71 bits per heavy atom. The predicted molar refractivity (Wildman–Crippen MR) is 171 cm³/mol. The van der Waals surface area contributed by atoms with Crippen LogP contribution in [0.4, 0.5) is 20.6 Å². The van der Waals surface area contributed by atoms with E-state index in [1.807, 2.05) is 29.2 Å². The number of halogens is 1. The van der Waals surface area contributed by atoms with Crippen LogP contribution in [-0.4, -0.2) is 59.8 Å². The van der Waals surface area contributed by atoms with Crippen LogP contribution >= 0.6 is 0 Å². The number of rotatable bonds is 5. The highest BCUT2D eigenvalue weighted by atomic mass is 19.1. The summed E-state index contributed by atoms with van der Waals surface area (Å²) in [5.41, 5.74) is 3.28. The fourth-order valence-corrected chi connectivity index (χ4v) is 6.85. The number of morpholine rings is 1. The second-order valence-electron chi connectivity index (χ2n) is 12.2. The fourth-order valence-electron chi connectivity index (χ4n) is 6.85. The zero-order chi connectivity index (χ0) is 31.5. The summed E-state index contributed by atoms with van der Waals surface area (Å²) < 4.78 is 28.0. The van der Waals surface area contributed by atoms with Crippen LogP contribution in [0.25, 0.3) is 0 Å². The van der Waals surface area contributed by atoms with Crippen molar-refractivity contribution < 1.29 is 18.7 Å². The van der Waals surface area contributed by atoms with Crippen molar-refractivity contribution in [2.75, 3.05) is 36.5 Å². The molecule has 1 aliphatic carbocycles. The fraction of sp³-hybridized carbons (Fsp3) is 0.441. The second kappa shape index (κ2) is 13.3. The zero-order valence-corrected chi connectivity index (χ0v) is 25.9. The zero-order valence-electron chi connectivity index (χ0n) is 25.9. The Labute approximate surface area is 263 Å². The number of hydrogen-bond acceptors (Lipinski definition) is 6. The Balaban J connectivity index is 1.15. The van der Waals surface area contributed by atoms with E-state index in [2.05, 4.69) is 29.4 Å². The third kappa shape index (κ3) is 6.83. The molecule has 4 N–H and O–H groups in total. The third-order valence-electron chi connectivity index (χ3n) is 9.12. The van der Waals surface area contributed by atoms with Crippen LogP contribution in [0.15, 0.2) is 60.8 Å². The van der Waals surface area contributed by atoms with E-state index in [0.29, 0.717) is 62.2 Å². The van der Waals surface area contributed by atoms with Crippen molar-refractivity contribution in [3.05, 3.63) is 83.2 Å². The van der Waals surface area contributed by atoms with E-state index in [9.17, 15) is 9.18 Å². The largest absolute Gasteiger partial charge is 0.484 e. The first kappa shape index (κ1) is 30.6. The number of nitrogens with one attached hydrogen (secondary N) is 4. The lowest BCUT2D eigenvalue weighted by Crippen LogP contribution is -2.51. The number of nitrogens with zero attached hydrogens (tertiary/aromatic N) is 3. The summed E-state index contributed by atoms with van der Waals surface area (Å²) in [5, 5.41) is 23.3. The van der Waals surface area contributed by atoms with Crippen molar-refractivity contribution >= 4 is 23.4 Å². The monoisotopic (exact) mass is 615 g/mol. The molecule has 2 aliphatic heterocycles. The molecule has 0 spiro atoms. The second-order valence-corrected chi connectivity index (χ2v) is 12.2. The normalized spacial score (nSPS) is 23.2. The first-order chi connectivity index (χ1) is 21.8. The van der Waals surface area contributed by atoms with Gasteiger partial charge < -0.3 is 29.9 Å². The maximum Gasteiger partial charge on any atom is 0.319 e. The van der Waals surface area contributed by atoms with Crippen LogP contribution in [0, 0.1) is 16.6 Å². The highest BCUT2D eigenvalue weighted by Crippen LogP contribution is 2.39. The van der Waals surface area contributed by atoms with Gasteiger partial charge in [0.15, 0.2) is 0 Å². The van der Waals surface area contributed by atoms with Crippen LogP contribution < -0.4 is 25.8 Å². The van der Waals surface area contributed by atoms with E-state index in [0.717, 1.165) is 30.4 Å². The molecule has 11 heteroatoms. The van der Waals surface area contributed by atoms with Gasteiger partial charge in [-0.2, -0.15) is 0 Å². The molecule has 4 unspecified atom stereocenters. The van der Waals surface area contributed by atoms with Crippen molar-refractivity contribution in [2.45, 2.75) is 70.2 Å². The summed E-state index contributed by atoms with van der Waals surface area (Å²) in [5.74, 6) is 0.464. The number of anilines is 2. The van der Waals surface area contributed by atoms with Gasteiger partial charge in [-0.3, -0.25) is 15.4 Å². The topological polar surface area (TPSA) is 119 Å². The standard InChI is InChI=1S/C34H42FN7O3/c1-22-6-5-7-23(2)42(22)33(37)41-21-27(10-13-32(41)36)45-31-12-11-30(28-8-3-4-9-29(28)31)39-34(43)38-25-18-24(35)19-26(20-25)40-14-16-44-17-15-40/h3-4,8-10,13,18-23,30-31,36-37H,5-7,11-12,14-17H2,1-2H3,(H2,38,39,43). The number of likely N-dealkylation sites (tertiary alicyclic amines) is 1. The van der Waals surface area contributed by atoms with Gasteiger partial charge >= 0.3 is 6.03 Å². The summed E-state index contributed by atoms with van der Waals surface area (Å²) in [7, 11) is 0. The smallest absolute Gasteiger partial charge is 0.319 e. The van der Waals surface area contributed by atoms with Gasteiger partial charge in [-0.25, -0.2) is 9.18 Å². The molecule has 3 aromatic rings. The number of carbonyl (C=O) groups excluding carboxylic acids is 1. The number of ether oxygens (including phenoxy) is 2. The van der Waals surface area contributed by atoms with Crippen molar-refractivity contribution in [1.82, 2.24) is 14.8 Å². The minimum absolute atomic E-state index is 0.229. The quantitative estimate of drug-likeness (QED) is 0.215. The first-order valence-electron chi connectivity index (χ1n) is 15.9. The van der Waals surface area contributed by atoms with Crippen LogP contribution in [0.5, 0.6) is 5.75 Å². The maximum absolute atomic E-state index is 14.5. The van der Waals surface area contributed by atoms with Gasteiger partial charge in [0, 0.05) is 36.5 Å². The van der Waals surface area contributed by atoms with Crippen molar-refractivity contribution in [3.8, 4) is 5.75 Å². The lowest BCUT2D eigenvalue weighted by Gasteiger charge is -2.41. The summed E-state index contributed by atoms with van der Waals surface area (Å²) in [4.78, 5) is 17.3. The molecular formula is C34H42FN7O3. The molecule has 6 rings (SSSR count). The molecule has 238 valence electrons. The van der Waals surface area contributed by atoms with Crippen LogP contribution in [-0.2, 0) is 4.74 Å². The predicted octanol–water partition coefficient (Wildman–Crippen LogP) is 5.77. The number of benzene rings is 2. The number of pyridine rings is 1. The molecule has 2 saturated heterocycles. The van der Waals surface area contributed by atoms with Crippen molar-refractivity contribution in [1.29, 1.82) is 10.8 Å². The molecule has 2 aromatic carbocycles. The summed E-state index contributed by atoms with van der Waals surface area (Å²) in [6, 6.07) is 15.8. The number of aromatic nitrogens is 1. The molecule has 3 aliphatic rings. The number of piperidine rings is 1. The van der Waals surface area contributed by atoms with Gasteiger partial charge in [0.1, 0.15) is 23.2 Å². The van der Waals surface area contributed by atoms with Gasteiger partial charge in [0.05, 0.1) is 25.5 Å². The van der Waals surface area contributed by atoms with Crippen molar-refractivity contribution in [2.24, 2.45) is 0 Å². The Morgan fingerprint density at radius 1 is 0.978 bits per heavy atom. The molecule has 0 radical (unpaired) electrons. The molecule has 3 heterocycles. The van der Waals surface area contributed by atoms with E-state index in [4.69, 9.17) is 20.3 Å². The molecule has 2 fully saturated rings. The Morgan fingerprint density at radius 3 is 2.47 bits per heavy atom. The van der Waals surface area contributed by atoms with Crippen LogP contribution in [0.3, 0.4) is 0 Å². The number of fused-ring (bicyclic) bond motifs is 1. The number of hydrogen-bond donors (Lipinski definition) is 4. The maximum atomic E-state index is 14.5. The SMILES string of the molecule is CC1CCCC(C)N1C(=N)n1cc(OC2CCC(NC(=O)Nc3cc(F)cc(N4CCOCC4)c3)c3ccccc32)ccc1=N. The average Bonchev–Trinajstić information content (AvgIpc) is 3.03. The lowest BCUT2D eigenvalue weighted by atomic mass is 9.85. The molecule has 1 aromatic heterocycles. The van der Waals surface area contributed by atoms with E-state index < -0.39 is 11.8 Å². The number of urea groups is 1. The summed E-state index contributed by atoms with van der Waals surface area (Å²) in [6.07, 6.45) is 5.99. The van der Waals surface area contributed by atoms with Gasteiger partial charge in [0.2, 0.25) is 5.96 Å². The summed E-state index contributed by atoms with van der Waals surface area (Å²) in [6.45, 7) is 6.79. The third-order valence-corrected chi connectivity index (χ3v) is 9.12. The van der Waals surface area contributed by atoms with E-state index in [1.54, 1.807) is 29.0 Å². The van der Waals surface area contributed by atoms with Gasteiger partial charge in [-0.05, 0) is 87.4 Å².